The van der Waals surface area contributed by atoms with Crippen LogP contribution in [0.4, 0.5) is 0 Å². The summed E-state index contributed by atoms with van der Waals surface area (Å²) in [4.78, 5) is 0.594. The van der Waals surface area contributed by atoms with Crippen LogP contribution in [0.1, 0.15) is 59.4 Å². The first kappa shape index (κ1) is 15.9. The second kappa shape index (κ2) is 5.71. The second-order valence-corrected chi connectivity index (χ2v) is 8.10. The second-order valence-electron chi connectivity index (χ2n) is 7.00. The Morgan fingerprint density at radius 1 is 1.20 bits per heavy atom. The van der Waals surface area contributed by atoms with Crippen LogP contribution in [-0.2, 0) is 5.41 Å². The van der Waals surface area contributed by atoms with E-state index in [1.54, 1.807) is 0 Å². The molecule has 2 atom stereocenters. The zero-order valence-corrected chi connectivity index (χ0v) is 15.0. The first-order valence-corrected chi connectivity index (χ1v) is 8.67. The van der Waals surface area contributed by atoms with Crippen LogP contribution >= 0.6 is 15.9 Å². The molecule has 0 amide bonds. The van der Waals surface area contributed by atoms with Crippen LogP contribution in [-0.4, -0.2) is 10.9 Å². The highest BCUT2D eigenvalue weighted by atomic mass is 79.9. The minimum atomic E-state index is 0.120. The highest BCUT2D eigenvalue weighted by molar-refractivity contribution is 9.09. The van der Waals surface area contributed by atoms with E-state index in [0.717, 1.165) is 12.2 Å². The zero-order chi connectivity index (χ0) is 15.0. The van der Waals surface area contributed by atoms with Gasteiger partial charge in [-0.05, 0) is 36.3 Å². The molecule has 1 aliphatic carbocycles. The van der Waals surface area contributed by atoms with Gasteiger partial charge in [0, 0.05) is 10.2 Å². The summed E-state index contributed by atoms with van der Waals surface area (Å²) in [7, 11) is 0. The normalized spacial score (nSPS) is 25.1. The van der Waals surface area contributed by atoms with E-state index in [4.69, 9.17) is 4.74 Å². The van der Waals surface area contributed by atoms with E-state index in [0.29, 0.717) is 16.3 Å². The van der Waals surface area contributed by atoms with Gasteiger partial charge < -0.3 is 4.74 Å². The van der Waals surface area contributed by atoms with Crippen LogP contribution in [0.2, 0.25) is 0 Å². The maximum atomic E-state index is 6.45. The van der Waals surface area contributed by atoms with Gasteiger partial charge >= 0.3 is 0 Å². The molecule has 112 valence electrons. The van der Waals surface area contributed by atoms with Crippen LogP contribution in [0, 0.1) is 5.41 Å². The van der Waals surface area contributed by atoms with Crippen molar-refractivity contribution in [2.45, 2.75) is 70.2 Å². The van der Waals surface area contributed by atoms with E-state index in [-0.39, 0.29) is 5.41 Å². The first-order chi connectivity index (χ1) is 9.35. The number of rotatable bonds is 4. The molecule has 1 fully saturated rings. The van der Waals surface area contributed by atoms with Gasteiger partial charge in [0.1, 0.15) is 11.9 Å². The Bertz CT molecular complexity index is 457. The summed E-state index contributed by atoms with van der Waals surface area (Å²) in [6, 6.07) is 8.50. The molecule has 1 aromatic rings. The topological polar surface area (TPSA) is 9.23 Å². The first-order valence-electron chi connectivity index (χ1n) is 7.75. The molecular formula is C18H27BrO. The lowest BCUT2D eigenvalue weighted by Crippen LogP contribution is -2.56. The highest BCUT2D eigenvalue weighted by Crippen LogP contribution is 2.53. The van der Waals surface area contributed by atoms with Crippen LogP contribution in [0.25, 0.3) is 0 Å². The minimum absolute atomic E-state index is 0.120. The van der Waals surface area contributed by atoms with Crippen LogP contribution in [0.15, 0.2) is 24.3 Å². The molecule has 0 aromatic heterocycles. The Hall–Kier alpha value is -0.500. The van der Waals surface area contributed by atoms with Crippen molar-refractivity contribution in [2.24, 2.45) is 5.41 Å². The van der Waals surface area contributed by atoms with Gasteiger partial charge in [-0.1, -0.05) is 68.7 Å². The number of ether oxygens (including phenoxy) is 1. The Morgan fingerprint density at radius 3 is 2.30 bits per heavy atom. The molecule has 0 heterocycles. The fourth-order valence-electron chi connectivity index (χ4n) is 3.35. The molecule has 0 radical (unpaired) electrons. The Kier molecular flexibility index (Phi) is 4.53. The van der Waals surface area contributed by atoms with E-state index in [2.05, 4.69) is 74.8 Å². The Balaban J connectivity index is 2.24. The summed E-state index contributed by atoms with van der Waals surface area (Å²) in [6.07, 6.45) is 3.79. The van der Waals surface area contributed by atoms with Crippen molar-refractivity contribution in [1.82, 2.24) is 0 Å². The van der Waals surface area contributed by atoms with E-state index >= 15 is 0 Å². The molecule has 0 saturated heterocycles. The van der Waals surface area contributed by atoms with Gasteiger partial charge in [0.25, 0.3) is 0 Å². The third-order valence-corrected chi connectivity index (χ3v) is 6.25. The number of hydrogen-bond donors (Lipinski definition) is 0. The molecular weight excluding hydrogens is 312 g/mol. The summed E-state index contributed by atoms with van der Waals surface area (Å²) >= 11 is 3.84. The number of para-hydroxylation sites is 1. The van der Waals surface area contributed by atoms with Crippen LogP contribution in [0.5, 0.6) is 5.75 Å². The third kappa shape index (κ3) is 2.64. The summed E-state index contributed by atoms with van der Waals surface area (Å²) in [5, 5.41) is 0. The summed E-state index contributed by atoms with van der Waals surface area (Å²) in [6.45, 7) is 11.3. The molecule has 0 N–H and O–H groups in total. The quantitative estimate of drug-likeness (QED) is 0.639. The standard InChI is InChI=1S/C18H27BrO/c1-6-18(7-2)15(19)12-16(18)20-14-11-9-8-10-13(14)17(3,4)5/h8-11,15-16H,6-7,12H2,1-5H3. The zero-order valence-electron chi connectivity index (χ0n) is 13.4. The monoisotopic (exact) mass is 338 g/mol. The van der Waals surface area contributed by atoms with Crippen molar-refractivity contribution in [3.8, 4) is 5.75 Å². The molecule has 2 heteroatoms. The lowest BCUT2D eigenvalue weighted by Gasteiger charge is -2.53. The number of halogens is 1. The lowest BCUT2D eigenvalue weighted by molar-refractivity contribution is -0.0419. The van der Waals surface area contributed by atoms with Gasteiger partial charge in [0.15, 0.2) is 0 Å². The average molecular weight is 339 g/mol. The van der Waals surface area contributed by atoms with Crippen molar-refractivity contribution in [3.05, 3.63) is 29.8 Å². The molecule has 1 saturated carbocycles. The summed E-state index contributed by atoms with van der Waals surface area (Å²) < 4.78 is 6.45. The molecule has 1 aromatic carbocycles. The minimum Gasteiger partial charge on any atom is -0.489 e. The molecule has 0 aliphatic heterocycles. The fraction of sp³-hybridized carbons (Fsp3) is 0.667. The maximum absolute atomic E-state index is 6.45. The van der Waals surface area contributed by atoms with Crippen molar-refractivity contribution >= 4 is 15.9 Å². The maximum Gasteiger partial charge on any atom is 0.123 e. The number of benzene rings is 1. The van der Waals surface area contributed by atoms with Gasteiger partial charge in [-0.25, -0.2) is 0 Å². The SMILES string of the molecule is CCC1(CC)C(Br)CC1Oc1ccccc1C(C)(C)C. The highest BCUT2D eigenvalue weighted by Gasteiger charge is 2.53. The lowest BCUT2D eigenvalue weighted by atomic mass is 9.62. The molecule has 20 heavy (non-hydrogen) atoms. The third-order valence-electron chi connectivity index (χ3n) is 4.97. The van der Waals surface area contributed by atoms with Crippen molar-refractivity contribution in [2.75, 3.05) is 0 Å². The van der Waals surface area contributed by atoms with Crippen LogP contribution < -0.4 is 4.74 Å². The van der Waals surface area contributed by atoms with E-state index in [9.17, 15) is 0 Å². The van der Waals surface area contributed by atoms with Gasteiger partial charge in [-0.15, -0.1) is 0 Å². The van der Waals surface area contributed by atoms with Gasteiger partial charge in [-0.2, -0.15) is 0 Å². The predicted octanol–water partition coefficient (Wildman–Crippen LogP) is 5.71. The van der Waals surface area contributed by atoms with Crippen LogP contribution in [0.3, 0.4) is 0 Å². The van der Waals surface area contributed by atoms with E-state index < -0.39 is 0 Å². The van der Waals surface area contributed by atoms with Crippen molar-refractivity contribution < 1.29 is 4.74 Å². The van der Waals surface area contributed by atoms with E-state index in [1.807, 2.05) is 0 Å². The summed E-state index contributed by atoms with van der Waals surface area (Å²) in [5.74, 6) is 1.07. The molecule has 2 unspecified atom stereocenters. The molecule has 0 bridgehead atoms. The molecule has 1 nitrogen and oxygen atoms in total. The average Bonchev–Trinajstić information content (AvgIpc) is 2.39. The van der Waals surface area contributed by atoms with Gasteiger partial charge in [0.05, 0.1) is 0 Å². The number of hydrogen-bond acceptors (Lipinski definition) is 1. The van der Waals surface area contributed by atoms with Gasteiger partial charge in [-0.3, -0.25) is 0 Å². The molecule has 1 aliphatic rings. The summed E-state index contributed by atoms with van der Waals surface area (Å²) in [5.41, 5.74) is 1.72. The smallest absolute Gasteiger partial charge is 0.123 e. The Morgan fingerprint density at radius 2 is 1.80 bits per heavy atom. The molecule has 2 rings (SSSR count). The largest absolute Gasteiger partial charge is 0.489 e. The van der Waals surface area contributed by atoms with Crippen molar-refractivity contribution in [1.29, 1.82) is 0 Å². The Labute approximate surface area is 132 Å². The van der Waals surface area contributed by atoms with E-state index in [1.165, 1.54) is 18.4 Å². The van der Waals surface area contributed by atoms with Gasteiger partial charge in [0.2, 0.25) is 0 Å². The fourth-order valence-corrected chi connectivity index (χ4v) is 4.64. The number of alkyl halides is 1. The predicted molar refractivity (Wildman–Crippen MR) is 89.9 cm³/mol. The molecule has 0 spiro atoms. The van der Waals surface area contributed by atoms with Crippen molar-refractivity contribution in [3.63, 3.8) is 0 Å².